The molecule has 0 spiro atoms. The quantitative estimate of drug-likeness (QED) is 0.559. The minimum atomic E-state index is -1.01. The van der Waals surface area contributed by atoms with Crippen molar-refractivity contribution in [3.63, 3.8) is 0 Å². The highest BCUT2D eigenvalue weighted by molar-refractivity contribution is 6.33. The maximum absolute atomic E-state index is 11.4. The lowest BCUT2D eigenvalue weighted by Crippen LogP contribution is -2.06. The van der Waals surface area contributed by atoms with Crippen LogP contribution in [0, 0.1) is 20.8 Å². The van der Waals surface area contributed by atoms with Gasteiger partial charge in [0.25, 0.3) is 0 Å². The van der Waals surface area contributed by atoms with E-state index in [1.807, 2.05) is 26.0 Å². The molecule has 3 aromatic rings. The van der Waals surface area contributed by atoms with Crippen molar-refractivity contribution in [3.05, 3.63) is 70.0 Å². The van der Waals surface area contributed by atoms with Crippen LogP contribution in [0.15, 0.2) is 42.5 Å². The van der Waals surface area contributed by atoms with Crippen molar-refractivity contribution in [1.82, 2.24) is 9.97 Å². The molecular formula is C20H19ClN4O2. The van der Waals surface area contributed by atoms with Crippen molar-refractivity contribution in [3.8, 4) is 0 Å². The van der Waals surface area contributed by atoms with Gasteiger partial charge in [-0.1, -0.05) is 29.8 Å². The van der Waals surface area contributed by atoms with Crippen LogP contribution >= 0.6 is 11.6 Å². The molecule has 7 heteroatoms. The summed E-state index contributed by atoms with van der Waals surface area (Å²) in [5, 5.41) is 16.2. The second-order valence-corrected chi connectivity index (χ2v) is 6.63. The van der Waals surface area contributed by atoms with Crippen molar-refractivity contribution in [1.29, 1.82) is 0 Å². The number of aryl methyl sites for hydroxylation is 3. The second kappa shape index (κ2) is 7.63. The maximum atomic E-state index is 11.4. The Labute approximate surface area is 162 Å². The Morgan fingerprint density at radius 1 is 1.00 bits per heavy atom. The molecule has 3 N–H and O–H groups in total. The monoisotopic (exact) mass is 382 g/mol. The molecule has 1 aromatic heterocycles. The van der Waals surface area contributed by atoms with Crippen LogP contribution in [-0.2, 0) is 0 Å². The van der Waals surface area contributed by atoms with Crippen LogP contribution in [0.1, 0.15) is 27.3 Å². The first-order valence-electron chi connectivity index (χ1n) is 8.32. The van der Waals surface area contributed by atoms with Crippen molar-refractivity contribution in [2.75, 3.05) is 10.6 Å². The first-order valence-corrected chi connectivity index (χ1v) is 8.70. The van der Waals surface area contributed by atoms with Crippen molar-refractivity contribution >= 4 is 40.6 Å². The SMILES string of the molecule is Cc1cc(C)c(Nc2cc(Nc3ccccc3C(=O)O)nc(C)n2)c(Cl)c1. The van der Waals surface area contributed by atoms with Gasteiger partial charge in [0.05, 0.1) is 22.0 Å². The summed E-state index contributed by atoms with van der Waals surface area (Å²) in [6, 6.07) is 12.3. The summed E-state index contributed by atoms with van der Waals surface area (Å²) in [5.41, 5.74) is 3.48. The molecular weight excluding hydrogens is 364 g/mol. The number of halogens is 1. The van der Waals surface area contributed by atoms with Crippen LogP contribution in [0.5, 0.6) is 0 Å². The molecule has 2 aromatic carbocycles. The predicted molar refractivity (Wildman–Crippen MR) is 108 cm³/mol. The molecule has 3 rings (SSSR count). The summed E-state index contributed by atoms with van der Waals surface area (Å²) in [6.07, 6.45) is 0. The number of nitrogens with one attached hydrogen (secondary N) is 2. The number of carbonyl (C=O) groups is 1. The Kier molecular flexibility index (Phi) is 5.28. The van der Waals surface area contributed by atoms with E-state index in [2.05, 4.69) is 20.6 Å². The Bertz CT molecular complexity index is 998. The minimum absolute atomic E-state index is 0.167. The third-order valence-electron chi connectivity index (χ3n) is 3.94. The third kappa shape index (κ3) is 4.35. The zero-order chi connectivity index (χ0) is 19.6. The number of nitrogens with zero attached hydrogens (tertiary/aromatic N) is 2. The van der Waals surface area contributed by atoms with Crippen LogP contribution in [-0.4, -0.2) is 21.0 Å². The summed E-state index contributed by atoms with van der Waals surface area (Å²) in [6.45, 7) is 5.72. The summed E-state index contributed by atoms with van der Waals surface area (Å²) in [5.74, 6) is 0.576. The van der Waals surface area contributed by atoms with Gasteiger partial charge in [-0.3, -0.25) is 0 Å². The summed E-state index contributed by atoms with van der Waals surface area (Å²) in [7, 11) is 0. The first-order chi connectivity index (χ1) is 12.8. The van der Waals surface area contributed by atoms with E-state index in [1.54, 1.807) is 31.2 Å². The highest BCUT2D eigenvalue weighted by atomic mass is 35.5. The average Bonchev–Trinajstić information content (AvgIpc) is 2.58. The van der Waals surface area contributed by atoms with Gasteiger partial charge >= 0.3 is 5.97 Å². The molecule has 0 bridgehead atoms. The number of carboxylic acid groups (broad SMARTS) is 1. The van der Waals surface area contributed by atoms with Gasteiger partial charge in [0, 0.05) is 6.07 Å². The Balaban J connectivity index is 1.93. The van der Waals surface area contributed by atoms with Gasteiger partial charge < -0.3 is 15.7 Å². The standard InChI is InChI=1S/C20H19ClN4O2/c1-11-8-12(2)19(15(21)9-11)25-18-10-17(22-13(3)23-18)24-16-7-5-4-6-14(16)20(26)27/h4-10H,1-3H3,(H,26,27)(H2,22,23,24,25). The molecule has 0 amide bonds. The van der Waals surface area contributed by atoms with Crippen LogP contribution in [0.25, 0.3) is 0 Å². The summed E-state index contributed by atoms with van der Waals surface area (Å²) >= 11 is 6.36. The number of rotatable bonds is 5. The topological polar surface area (TPSA) is 87.1 Å². The fraction of sp³-hybridized carbons (Fsp3) is 0.150. The maximum Gasteiger partial charge on any atom is 0.337 e. The summed E-state index contributed by atoms with van der Waals surface area (Å²) < 4.78 is 0. The highest BCUT2D eigenvalue weighted by Gasteiger charge is 2.12. The van der Waals surface area contributed by atoms with E-state index in [9.17, 15) is 9.90 Å². The zero-order valence-corrected chi connectivity index (χ0v) is 15.9. The predicted octanol–water partition coefficient (Wildman–Crippen LogP) is 5.24. The minimum Gasteiger partial charge on any atom is -0.478 e. The number of anilines is 4. The number of aromatic nitrogens is 2. The largest absolute Gasteiger partial charge is 0.478 e. The van der Waals surface area contributed by atoms with Crippen LogP contribution in [0.4, 0.5) is 23.0 Å². The third-order valence-corrected chi connectivity index (χ3v) is 4.24. The van der Waals surface area contributed by atoms with Crippen LogP contribution in [0.3, 0.4) is 0 Å². The number of benzene rings is 2. The van der Waals surface area contributed by atoms with E-state index in [-0.39, 0.29) is 5.56 Å². The van der Waals surface area contributed by atoms with E-state index in [1.165, 1.54) is 6.07 Å². The molecule has 0 aliphatic heterocycles. The molecule has 0 atom stereocenters. The van der Waals surface area contributed by atoms with Gasteiger partial charge in [-0.25, -0.2) is 14.8 Å². The number of hydrogen-bond acceptors (Lipinski definition) is 5. The van der Waals surface area contributed by atoms with Crippen LogP contribution < -0.4 is 10.6 Å². The Morgan fingerprint density at radius 3 is 2.33 bits per heavy atom. The molecule has 0 unspecified atom stereocenters. The van der Waals surface area contributed by atoms with Crippen LogP contribution in [0.2, 0.25) is 5.02 Å². The molecule has 0 radical (unpaired) electrons. The van der Waals surface area contributed by atoms with Gasteiger partial charge in [-0.2, -0.15) is 0 Å². The normalized spacial score (nSPS) is 10.5. The van der Waals surface area contributed by atoms with Crippen molar-refractivity contribution in [2.45, 2.75) is 20.8 Å². The second-order valence-electron chi connectivity index (χ2n) is 6.23. The molecule has 0 saturated heterocycles. The Morgan fingerprint density at radius 2 is 1.67 bits per heavy atom. The van der Waals surface area contributed by atoms with Crippen molar-refractivity contribution in [2.24, 2.45) is 0 Å². The van der Waals surface area contributed by atoms with E-state index < -0.39 is 5.97 Å². The fourth-order valence-electron chi connectivity index (χ4n) is 2.81. The zero-order valence-electron chi connectivity index (χ0n) is 15.2. The number of hydrogen-bond donors (Lipinski definition) is 3. The highest BCUT2D eigenvalue weighted by Crippen LogP contribution is 2.30. The van der Waals surface area contributed by atoms with E-state index in [0.29, 0.717) is 28.2 Å². The smallest absolute Gasteiger partial charge is 0.337 e. The molecule has 0 aliphatic carbocycles. The molecule has 0 aliphatic rings. The fourth-order valence-corrected chi connectivity index (χ4v) is 3.18. The molecule has 138 valence electrons. The lowest BCUT2D eigenvalue weighted by atomic mass is 10.1. The van der Waals surface area contributed by atoms with Gasteiger partial charge in [0.15, 0.2) is 0 Å². The first kappa shape index (κ1) is 18.7. The number of aromatic carboxylic acids is 1. The lowest BCUT2D eigenvalue weighted by Gasteiger charge is -2.14. The van der Waals surface area contributed by atoms with Crippen molar-refractivity contribution < 1.29 is 9.90 Å². The van der Waals surface area contributed by atoms with Gasteiger partial charge in [0.2, 0.25) is 0 Å². The van der Waals surface area contributed by atoms with Gasteiger partial charge in [0.1, 0.15) is 17.5 Å². The average molecular weight is 383 g/mol. The van der Waals surface area contributed by atoms with E-state index in [0.717, 1.165) is 16.8 Å². The number of carboxylic acids is 1. The molecule has 1 heterocycles. The van der Waals surface area contributed by atoms with Gasteiger partial charge in [-0.05, 0) is 50.1 Å². The number of para-hydroxylation sites is 1. The van der Waals surface area contributed by atoms with E-state index in [4.69, 9.17) is 11.6 Å². The molecule has 27 heavy (non-hydrogen) atoms. The molecule has 0 saturated carbocycles. The molecule has 6 nitrogen and oxygen atoms in total. The Hall–Kier alpha value is -3.12. The van der Waals surface area contributed by atoms with Gasteiger partial charge in [-0.15, -0.1) is 0 Å². The van der Waals surface area contributed by atoms with E-state index >= 15 is 0 Å². The molecule has 0 fully saturated rings. The lowest BCUT2D eigenvalue weighted by molar-refractivity contribution is 0.0698. The summed E-state index contributed by atoms with van der Waals surface area (Å²) in [4.78, 5) is 20.1.